The Morgan fingerprint density at radius 2 is 1.96 bits per heavy atom. The van der Waals surface area contributed by atoms with E-state index in [0.29, 0.717) is 11.5 Å². The summed E-state index contributed by atoms with van der Waals surface area (Å²) in [6.45, 7) is 1.80. The Bertz CT molecular complexity index is 841. The molecule has 0 saturated heterocycles. The summed E-state index contributed by atoms with van der Waals surface area (Å²) < 4.78 is 13.3. The van der Waals surface area contributed by atoms with Gasteiger partial charge in [0, 0.05) is 17.2 Å². The number of hydrogen-bond donors (Lipinski definition) is 1. The van der Waals surface area contributed by atoms with Gasteiger partial charge < -0.3 is 15.2 Å². The predicted molar refractivity (Wildman–Crippen MR) is 88.3 cm³/mol. The molecule has 122 valence electrons. The highest BCUT2D eigenvalue weighted by Gasteiger charge is 2.38. The monoisotopic (exact) mass is 322 g/mol. The number of anilines is 1. The number of rotatable bonds is 2. The molecule has 4 rings (SSSR count). The normalized spacial score (nSPS) is 24.2. The second-order valence-corrected chi connectivity index (χ2v) is 6.52. The largest absolute Gasteiger partial charge is 0.545 e. The Balaban J connectivity index is 1.83. The van der Waals surface area contributed by atoms with Crippen molar-refractivity contribution in [1.82, 2.24) is 0 Å². The van der Waals surface area contributed by atoms with Crippen molar-refractivity contribution >= 4 is 11.7 Å². The lowest BCUT2D eigenvalue weighted by Crippen LogP contribution is -2.31. The molecule has 2 aromatic rings. The number of carboxylic acids is 1. The maximum absolute atomic E-state index is 13.3. The van der Waals surface area contributed by atoms with Gasteiger partial charge in [0.1, 0.15) is 5.82 Å². The van der Waals surface area contributed by atoms with Gasteiger partial charge in [-0.1, -0.05) is 36.4 Å². The first-order chi connectivity index (χ1) is 11.6. The van der Waals surface area contributed by atoms with Crippen molar-refractivity contribution in [3.8, 4) is 0 Å². The number of hydrogen-bond acceptors (Lipinski definition) is 3. The van der Waals surface area contributed by atoms with Gasteiger partial charge in [-0.2, -0.15) is 0 Å². The van der Waals surface area contributed by atoms with E-state index in [1.807, 2.05) is 6.07 Å². The zero-order chi connectivity index (χ0) is 16.8. The van der Waals surface area contributed by atoms with Crippen LogP contribution in [0.3, 0.4) is 0 Å². The molecule has 1 heterocycles. The summed E-state index contributed by atoms with van der Waals surface area (Å²) in [7, 11) is 0. The number of halogens is 1. The fourth-order valence-corrected chi connectivity index (χ4v) is 4.04. The number of aromatic carboxylic acids is 1. The third-order valence-corrected chi connectivity index (χ3v) is 5.25. The van der Waals surface area contributed by atoms with Crippen molar-refractivity contribution in [1.29, 1.82) is 0 Å². The molecule has 3 nitrogen and oxygen atoms in total. The lowest BCUT2D eigenvalue weighted by Gasteiger charge is -2.38. The zero-order valence-electron chi connectivity index (χ0n) is 13.3. The minimum Gasteiger partial charge on any atom is -0.545 e. The molecule has 0 unspecified atom stereocenters. The van der Waals surface area contributed by atoms with E-state index < -0.39 is 5.97 Å². The van der Waals surface area contributed by atoms with E-state index in [-0.39, 0.29) is 23.3 Å². The molecular weight excluding hydrogens is 305 g/mol. The Labute approximate surface area is 139 Å². The molecule has 1 aliphatic carbocycles. The summed E-state index contributed by atoms with van der Waals surface area (Å²) >= 11 is 0. The summed E-state index contributed by atoms with van der Waals surface area (Å²) in [4.78, 5) is 11.3. The quantitative estimate of drug-likeness (QED) is 0.863. The van der Waals surface area contributed by atoms with Crippen molar-refractivity contribution < 1.29 is 14.3 Å². The molecule has 1 aliphatic heterocycles. The maximum Gasteiger partial charge on any atom is 0.123 e. The van der Waals surface area contributed by atoms with E-state index in [4.69, 9.17) is 0 Å². The van der Waals surface area contributed by atoms with E-state index in [0.717, 1.165) is 23.2 Å². The first-order valence-corrected chi connectivity index (χ1v) is 8.10. The van der Waals surface area contributed by atoms with Crippen molar-refractivity contribution in [2.24, 2.45) is 5.92 Å². The van der Waals surface area contributed by atoms with Gasteiger partial charge in [-0.25, -0.2) is 4.39 Å². The van der Waals surface area contributed by atoms with Crippen LogP contribution in [0.1, 0.15) is 45.4 Å². The molecule has 3 atom stereocenters. The van der Waals surface area contributed by atoms with Gasteiger partial charge in [0.2, 0.25) is 0 Å². The van der Waals surface area contributed by atoms with E-state index in [1.165, 1.54) is 12.1 Å². The van der Waals surface area contributed by atoms with Gasteiger partial charge in [0.05, 0.1) is 12.0 Å². The van der Waals surface area contributed by atoms with Gasteiger partial charge in [-0.05, 0) is 48.1 Å². The van der Waals surface area contributed by atoms with Gasteiger partial charge in [-0.3, -0.25) is 0 Å². The Morgan fingerprint density at radius 1 is 1.21 bits per heavy atom. The van der Waals surface area contributed by atoms with Gasteiger partial charge >= 0.3 is 0 Å². The molecule has 0 aromatic heterocycles. The summed E-state index contributed by atoms with van der Waals surface area (Å²) in [6.07, 6.45) is 5.31. The Kier molecular flexibility index (Phi) is 3.41. The molecule has 2 aromatic carbocycles. The van der Waals surface area contributed by atoms with E-state index in [2.05, 4.69) is 17.5 Å². The van der Waals surface area contributed by atoms with Crippen LogP contribution in [0.15, 0.2) is 48.6 Å². The van der Waals surface area contributed by atoms with Crippen LogP contribution in [0.5, 0.6) is 0 Å². The number of carbonyl (C=O) groups excluding carboxylic acids is 1. The van der Waals surface area contributed by atoms with Crippen LogP contribution in [0, 0.1) is 18.7 Å². The number of fused-ring (bicyclic) bond motifs is 3. The molecule has 4 heteroatoms. The van der Waals surface area contributed by atoms with Crippen molar-refractivity contribution in [3.63, 3.8) is 0 Å². The van der Waals surface area contributed by atoms with Crippen LogP contribution < -0.4 is 10.4 Å². The SMILES string of the molecule is Cc1c(C(=O)[O-])ccc2c1N[C@@H](c1ccc(F)cc1)[C@H]1CC=C[C@@H]21. The van der Waals surface area contributed by atoms with Crippen LogP contribution in [0.2, 0.25) is 0 Å². The van der Waals surface area contributed by atoms with Crippen molar-refractivity contribution in [2.75, 3.05) is 5.32 Å². The fraction of sp³-hybridized carbons (Fsp3) is 0.250. The Hall–Kier alpha value is -2.62. The van der Waals surface area contributed by atoms with Gasteiger partial charge in [-0.15, -0.1) is 0 Å². The summed E-state index contributed by atoms with van der Waals surface area (Å²) in [5.74, 6) is -0.840. The predicted octanol–water partition coefficient (Wildman–Crippen LogP) is 3.32. The molecule has 0 spiro atoms. The van der Waals surface area contributed by atoms with Crippen LogP contribution in [0.25, 0.3) is 0 Å². The van der Waals surface area contributed by atoms with Crippen LogP contribution >= 0.6 is 0 Å². The molecule has 1 N–H and O–H groups in total. The van der Waals surface area contributed by atoms with E-state index in [9.17, 15) is 14.3 Å². The molecule has 0 fully saturated rings. The first kappa shape index (κ1) is 14.9. The number of benzene rings is 2. The van der Waals surface area contributed by atoms with Crippen molar-refractivity contribution in [3.05, 3.63) is 76.6 Å². The van der Waals surface area contributed by atoms with Crippen LogP contribution in [-0.4, -0.2) is 5.97 Å². The van der Waals surface area contributed by atoms with Crippen LogP contribution in [-0.2, 0) is 0 Å². The molecule has 24 heavy (non-hydrogen) atoms. The fourth-order valence-electron chi connectivity index (χ4n) is 4.04. The number of allylic oxidation sites excluding steroid dienone is 2. The third-order valence-electron chi connectivity index (χ3n) is 5.25. The highest BCUT2D eigenvalue weighted by atomic mass is 19.1. The smallest absolute Gasteiger partial charge is 0.123 e. The second-order valence-electron chi connectivity index (χ2n) is 6.52. The molecule has 0 saturated carbocycles. The lowest BCUT2D eigenvalue weighted by atomic mass is 9.76. The standard InChI is InChI=1S/C20H18FNO2/c1-11-14(20(23)24)9-10-17-15-3-2-4-16(15)19(22-18(11)17)12-5-7-13(21)8-6-12/h2-3,5-10,15-16,19,22H,4H2,1H3,(H,23,24)/p-1/t15-,16+,19+/m1/s1. The highest BCUT2D eigenvalue weighted by molar-refractivity contribution is 5.90. The average molecular weight is 322 g/mol. The minimum atomic E-state index is -1.17. The zero-order valence-corrected chi connectivity index (χ0v) is 13.3. The summed E-state index contributed by atoms with van der Waals surface area (Å²) in [5, 5.41) is 14.8. The molecule has 0 amide bonds. The maximum atomic E-state index is 13.3. The topological polar surface area (TPSA) is 52.2 Å². The van der Waals surface area contributed by atoms with Gasteiger partial charge in [0.25, 0.3) is 0 Å². The van der Waals surface area contributed by atoms with Crippen molar-refractivity contribution in [2.45, 2.75) is 25.3 Å². The molecule has 2 aliphatic rings. The summed E-state index contributed by atoms with van der Waals surface area (Å²) in [5.41, 5.74) is 3.89. The average Bonchev–Trinajstić information content (AvgIpc) is 3.05. The number of carboxylic acid groups (broad SMARTS) is 1. The Morgan fingerprint density at radius 3 is 2.67 bits per heavy atom. The lowest BCUT2D eigenvalue weighted by molar-refractivity contribution is -0.255. The number of nitrogens with one attached hydrogen (secondary N) is 1. The molecule has 0 bridgehead atoms. The molecule has 0 radical (unpaired) electrons. The van der Waals surface area contributed by atoms with E-state index >= 15 is 0 Å². The van der Waals surface area contributed by atoms with E-state index in [1.54, 1.807) is 25.1 Å². The highest BCUT2D eigenvalue weighted by Crippen LogP contribution is 2.50. The first-order valence-electron chi connectivity index (χ1n) is 8.10. The minimum absolute atomic E-state index is 0.0220. The third kappa shape index (κ3) is 2.21. The van der Waals surface area contributed by atoms with Gasteiger partial charge in [0.15, 0.2) is 0 Å². The molecular formula is C20H17FNO2-. The number of carbonyl (C=O) groups is 1. The second kappa shape index (κ2) is 5.48. The summed E-state index contributed by atoms with van der Waals surface area (Å²) in [6, 6.07) is 10.1. The van der Waals surface area contributed by atoms with Crippen LogP contribution in [0.4, 0.5) is 10.1 Å².